The average Bonchev–Trinajstić information content (AvgIpc) is 2.89. The van der Waals surface area contributed by atoms with Crippen LogP contribution in [0.2, 0.25) is 0 Å². The van der Waals surface area contributed by atoms with Gasteiger partial charge in [0.25, 0.3) is 5.56 Å². The molecule has 0 aliphatic carbocycles. The van der Waals surface area contributed by atoms with Gasteiger partial charge in [0.15, 0.2) is 0 Å². The van der Waals surface area contributed by atoms with Gasteiger partial charge in [0.2, 0.25) is 0 Å². The summed E-state index contributed by atoms with van der Waals surface area (Å²) in [6.07, 6.45) is 10.9. The van der Waals surface area contributed by atoms with Crippen molar-refractivity contribution in [3.63, 3.8) is 0 Å². The molecule has 0 radical (unpaired) electrons. The van der Waals surface area contributed by atoms with Crippen molar-refractivity contribution in [1.82, 2.24) is 4.57 Å². The van der Waals surface area contributed by atoms with E-state index in [0.717, 1.165) is 23.1 Å². The Kier molecular flexibility index (Phi) is 5.64. The molecule has 2 aromatic rings. The van der Waals surface area contributed by atoms with E-state index in [1.165, 1.54) is 38.5 Å². The zero-order chi connectivity index (χ0) is 13.5. The largest absolute Gasteiger partial charge is 0.315 e. The lowest BCUT2D eigenvalue weighted by Gasteiger charge is -2.05. The standard InChI is InChI=1S/C16H23NOS/c1-2-3-4-5-6-7-8-11-17-12-9-15-14(16(17)18)10-13-19-15/h9-10,12-13H,2-8,11H2,1H3. The van der Waals surface area contributed by atoms with E-state index in [4.69, 9.17) is 0 Å². The van der Waals surface area contributed by atoms with Crippen LogP contribution in [0.5, 0.6) is 0 Å². The van der Waals surface area contributed by atoms with Crippen molar-refractivity contribution in [1.29, 1.82) is 0 Å². The van der Waals surface area contributed by atoms with Crippen LogP contribution in [0.3, 0.4) is 0 Å². The summed E-state index contributed by atoms with van der Waals surface area (Å²) in [4.78, 5) is 12.2. The van der Waals surface area contributed by atoms with Crippen LogP contribution >= 0.6 is 11.3 Å². The Labute approximate surface area is 119 Å². The molecule has 0 aromatic carbocycles. The number of hydrogen-bond donors (Lipinski definition) is 0. The summed E-state index contributed by atoms with van der Waals surface area (Å²) >= 11 is 1.64. The first-order valence-corrected chi connectivity index (χ1v) is 8.27. The van der Waals surface area contributed by atoms with Crippen LogP contribution in [-0.2, 0) is 6.54 Å². The molecule has 0 bridgehead atoms. The van der Waals surface area contributed by atoms with Crippen LogP contribution in [-0.4, -0.2) is 4.57 Å². The van der Waals surface area contributed by atoms with E-state index in [1.54, 1.807) is 11.3 Å². The van der Waals surface area contributed by atoms with Crippen molar-refractivity contribution in [3.05, 3.63) is 34.1 Å². The number of thiophene rings is 1. The molecule has 2 nitrogen and oxygen atoms in total. The van der Waals surface area contributed by atoms with Crippen molar-refractivity contribution in [3.8, 4) is 0 Å². The molecule has 19 heavy (non-hydrogen) atoms. The smallest absolute Gasteiger partial charge is 0.259 e. The Morgan fingerprint density at radius 3 is 2.58 bits per heavy atom. The third kappa shape index (κ3) is 3.93. The monoisotopic (exact) mass is 277 g/mol. The molecule has 2 heterocycles. The molecule has 0 saturated carbocycles. The van der Waals surface area contributed by atoms with Crippen LogP contribution < -0.4 is 5.56 Å². The van der Waals surface area contributed by atoms with Gasteiger partial charge in [0.05, 0.1) is 5.39 Å². The van der Waals surface area contributed by atoms with Crippen LogP contribution in [0.1, 0.15) is 51.9 Å². The minimum absolute atomic E-state index is 0.171. The first-order valence-electron chi connectivity index (χ1n) is 7.39. The summed E-state index contributed by atoms with van der Waals surface area (Å²) in [5, 5.41) is 2.86. The zero-order valence-corrected chi connectivity index (χ0v) is 12.5. The lowest BCUT2D eigenvalue weighted by Crippen LogP contribution is -2.18. The van der Waals surface area contributed by atoms with Crippen LogP contribution in [0.4, 0.5) is 0 Å². The Balaban J connectivity index is 1.78. The van der Waals surface area contributed by atoms with E-state index in [9.17, 15) is 4.79 Å². The first-order chi connectivity index (χ1) is 9.33. The van der Waals surface area contributed by atoms with E-state index in [0.29, 0.717) is 0 Å². The SMILES string of the molecule is CCCCCCCCCn1ccc2sccc2c1=O. The molecular formula is C16H23NOS. The molecule has 2 aromatic heterocycles. The fourth-order valence-corrected chi connectivity index (χ4v) is 3.19. The van der Waals surface area contributed by atoms with Gasteiger partial charge >= 0.3 is 0 Å². The van der Waals surface area contributed by atoms with Gasteiger partial charge in [0, 0.05) is 17.4 Å². The molecule has 3 heteroatoms. The van der Waals surface area contributed by atoms with Gasteiger partial charge in [-0.3, -0.25) is 4.79 Å². The Hall–Kier alpha value is -1.09. The lowest BCUT2D eigenvalue weighted by atomic mass is 10.1. The molecule has 0 fully saturated rings. The molecular weight excluding hydrogens is 254 g/mol. The van der Waals surface area contributed by atoms with Gasteiger partial charge in [-0.05, 0) is 23.9 Å². The van der Waals surface area contributed by atoms with E-state index in [-0.39, 0.29) is 5.56 Å². The minimum Gasteiger partial charge on any atom is -0.315 e. The van der Waals surface area contributed by atoms with Gasteiger partial charge in [-0.1, -0.05) is 45.4 Å². The third-order valence-electron chi connectivity index (χ3n) is 3.59. The molecule has 0 spiro atoms. The van der Waals surface area contributed by atoms with Crippen molar-refractivity contribution in [2.75, 3.05) is 0 Å². The zero-order valence-electron chi connectivity index (χ0n) is 11.7. The third-order valence-corrected chi connectivity index (χ3v) is 4.48. The van der Waals surface area contributed by atoms with Gasteiger partial charge in [-0.15, -0.1) is 11.3 Å². The molecule has 0 unspecified atom stereocenters. The minimum atomic E-state index is 0.171. The highest BCUT2D eigenvalue weighted by Gasteiger charge is 2.03. The van der Waals surface area contributed by atoms with Crippen LogP contribution in [0.15, 0.2) is 28.5 Å². The predicted octanol–water partition coefficient (Wildman–Crippen LogP) is 4.81. The highest BCUT2D eigenvalue weighted by molar-refractivity contribution is 7.17. The molecule has 2 rings (SSSR count). The maximum Gasteiger partial charge on any atom is 0.259 e. The Morgan fingerprint density at radius 1 is 1.05 bits per heavy atom. The Morgan fingerprint density at radius 2 is 1.79 bits per heavy atom. The van der Waals surface area contributed by atoms with Gasteiger partial charge in [0.1, 0.15) is 0 Å². The fourth-order valence-electron chi connectivity index (χ4n) is 2.42. The number of fused-ring (bicyclic) bond motifs is 1. The topological polar surface area (TPSA) is 22.0 Å². The summed E-state index contributed by atoms with van der Waals surface area (Å²) in [6.45, 7) is 3.10. The molecule has 0 saturated heterocycles. The van der Waals surface area contributed by atoms with Gasteiger partial charge in [-0.25, -0.2) is 0 Å². The number of unbranched alkanes of at least 4 members (excludes halogenated alkanes) is 6. The maximum absolute atomic E-state index is 12.2. The van der Waals surface area contributed by atoms with Crippen LogP contribution in [0, 0.1) is 0 Å². The van der Waals surface area contributed by atoms with Crippen molar-refractivity contribution in [2.45, 2.75) is 58.4 Å². The highest BCUT2D eigenvalue weighted by atomic mass is 32.1. The van der Waals surface area contributed by atoms with Gasteiger partial charge < -0.3 is 4.57 Å². The fraction of sp³-hybridized carbons (Fsp3) is 0.562. The average molecular weight is 277 g/mol. The van der Waals surface area contributed by atoms with Crippen molar-refractivity contribution in [2.24, 2.45) is 0 Å². The molecule has 0 aliphatic rings. The van der Waals surface area contributed by atoms with Crippen LogP contribution in [0.25, 0.3) is 10.1 Å². The Bertz CT molecular complexity index is 555. The number of rotatable bonds is 8. The van der Waals surface area contributed by atoms with E-state index >= 15 is 0 Å². The second-order valence-corrected chi connectivity index (χ2v) is 6.08. The van der Waals surface area contributed by atoms with Gasteiger partial charge in [-0.2, -0.15) is 0 Å². The summed E-state index contributed by atoms with van der Waals surface area (Å²) in [7, 11) is 0. The highest BCUT2D eigenvalue weighted by Crippen LogP contribution is 2.16. The number of hydrogen-bond acceptors (Lipinski definition) is 2. The number of nitrogens with zero attached hydrogens (tertiary/aromatic N) is 1. The molecule has 104 valence electrons. The van der Waals surface area contributed by atoms with Crippen molar-refractivity contribution < 1.29 is 0 Å². The molecule has 0 N–H and O–H groups in total. The number of pyridine rings is 1. The molecule has 0 amide bonds. The quantitative estimate of drug-likeness (QED) is 0.634. The predicted molar refractivity (Wildman–Crippen MR) is 84.1 cm³/mol. The maximum atomic E-state index is 12.2. The van der Waals surface area contributed by atoms with E-state index in [1.807, 2.05) is 22.2 Å². The van der Waals surface area contributed by atoms with Crippen molar-refractivity contribution >= 4 is 21.4 Å². The molecule has 0 atom stereocenters. The number of aromatic nitrogens is 1. The second kappa shape index (κ2) is 7.49. The lowest BCUT2D eigenvalue weighted by molar-refractivity contribution is 0.544. The summed E-state index contributed by atoms with van der Waals surface area (Å²) in [5.74, 6) is 0. The number of aryl methyl sites for hydroxylation is 1. The van der Waals surface area contributed by atoms with E-state index < -0.39 is 0 Å². The second-order valence-electron chi connectivity index (χ2n) is 5.13. The summed E-state index contributed by atoms with van der Waals surface area (Å²) < 4.78 is 2.96. The summed E-state index contributed by atoms with van der Waals surface area (Å²) in [5.41, 5.74) is 0.171. The summed E-state index contributed by atoms with van der Waals surface area (Å²) in [6, 6.07) is 3.99. The normalized spacial score (nSPS) is 11.2. The molecule has 0 aliphatic heterocycles. The first kappa shape index (κ1) is 14.3. The van der Waals surface area contributed by atoms with E-state index in [2.05, 4.69) is 13.0 Å².